The molecule has 0 unspecified atom stereocenters. The van der Waals surface area contributed by atoms with Crippen molar-refractivity contribution in [2.45, 2.75) is 39.8 Å². The first kappa shape index (κ1) is 30.4. The van der Waals surface area contributed by atoms with E-state index in [4.69, 9.17) is 9.47 Å². The molecule has 6 nitrogen and oxygen atoms in total. The maximum atomic E-state index is 13.4. The molecule has 0 saturated carbocycles. The third-order valence-corrected chi connectivity index (χ3v) is 7.17. The normalized spacial score (nSPS) is 10.6. The first-order valence-electron chi connectivity index (χ1n) is 14.6. The van der Waals surface area contributed by atoms with E-state index < -0.39 is 0 Å². The lowest BCUT2D eigenvalue weighted by Gasteiger charge is -2.28. The molecule has 0 bridgehead atoms. The van der Waals surface area contributed by atoms with Gasteiger partial charge in [0.1, 0.15) is 11.5 Å². The summed E-state index contributed by atoms with van der Waals surface area (Å²) < 4.78 is 11.7. The summed E-state index contributed by atoms with van der Waals surface area (Å²) in [5.74, 6) is 1.03. The minimum Gasteiger partial charge on any atom is -0.484 e. The van der Waals surface area contributed by atoms with E-state index in [2.05, 4.69) is 13.8 Å². The number of hydrogen-bond acceptors (Lipinski definition) is 4. The zero-order chi connectivity index (χ0) is 29.6. The number of ether oxygens (including phenoxy) is 2. The van der Waals surface area contributed by atoms with Crippen LogP contribution in [0.5, 0.6) is 11.5 Å². The number of hydrogen-bond donors (Lipinski definition) is 0. The number of benzene rings is 4. The molecular weight excluding hydrogens is 524 g/mol. The highest BCUT2D eigenvalue weighted by molar-refractivity contribution is 5.79. The summed E-state index contributed by atoms with van der Waals surface area (Å²) in [6.45, 7) is 5.59. The van der Waals surface area contributed by atoms with E-state index in [0.29, 0.717) is 37.7 Å². The Morgan fingerprint density at radius 2 is 0.857 bits per heavy atom. The Labute approximate surface area is 249 Å². The molecule has 0 aliphatic carbocycles. The maximum absolute atomic E-state index is 13.4. The second-order valence-corrected chi connectivity index (χ2v) is 10.2. The number of aryl methyl sites for hydroxylation is 2. The molecular formula is C36H40N2O4. The number of carbonyl (C=O) groups excluding carboxylic acids is 2. The highest BCUT2D eigenvalue weighted by Gasteiger charge is 2.20. The van der Waals surface area contributed by atoms with E-state index in [0.717, 1.165) is 24.0 Å². The molecule has 4 aromatic carbocycles. The van der Waals surface area contributed by atoms with Crippen LogP contribution in [0.2, 0.25) is 0 Å². The molecule has 0 aromatic heterocycles. The van der Waals surface area contributed by atoms with Gasteiger partial charge in [-0.25, -0.2) is 0 Å². The fourth-order valence-corrected chi connectivity index (χ4v) is 4.55. The summed E-state index contributed by atoms with van der Waals surface area (Å²) in [5, 5.41) is 0. The first-order valence-corrected chi connectivity index (χ1v) is 14.6. The molecule has 0 spiro atoms. The fraction of sp³-hybridized carbons (Fsp3) is 0.278. The zero-order valence-corrected chi connectivity index (χ0v) is 24.6. The lowest BCUT2D eigenvalue weighted by molar-refractivity contribution is -0.138. The van der Waals surface area contributed by atoms with Crippen molar-refractivity contribution in [1.29, 1.82) is 0 Å². The van der Waals surface area contributed by atoms with Gasteiger partial charge in [-0.1, -0.05) is 98.8 Å². The quantitative estimate of drug-likeness (QED) is 0.169. The molecule has 4 aromatic rings. The van der Waals surface area contributed by atoms with Crippen LogP contribution in [0.4, 0.5) is 0 Å². The van der Waals surface area contributed by atoms with Crippen molar-refractivity contribution < 1.29 is 19.1 Å². The Morgan fingerprint density at radius 1 is 0.500 bits per heavy atom. The number of rotatable bonds is 15. The standard InChI is InChI=1S/C36H40N2O4/c1-3-29-15-19-33(20-16-29)41-27-35(39)37(25-31-11-7-5-8-12-31)23-24-38(26-32-13-9-6-10-14-32)36(40)28-42-34-21-17-30(4-2)18-22-34/h5-22H,3-4,23-28H2,1-2H3. The van der Waals surface area contributed by atoms with E-state index in [1.54, 1.807) is 9.80 Å². The van der Waals surface area contributed by atoms with E-state index >= 15 is 0 Å². The van der Waals surface area contributed by atoms with Gasteiger partial charge in [-0.3, -0.25) is 9.59 Å². The predicted molar refractivity (Wildman–Crippen MR) is 166 cm³/mol. The van der Waals surface area contributed by atoms with Crippen molar-refractivity contribution in [3.05, 3.63) is 131 Å². The molecule has 0 atom stereocenters. The first-order chi connectivity index (χ1) is 20.5. The number of amides is 2. The summed E-state index contributed by atoms with van der Waals surface area (Å²) in [7, 11) is 0. The van der Waals surface area contributed by atoms with E-state index in [9.17, 15) is 9.59 Å². The average molecular weight is 565 g/mol. The predicted octanol–water partition coefficient (Wildman–Crippen LogP) is 6.33. The summed E-state index contributed by atoms with van der Waals surface area (Å²) in [6.07, 6.45) is 1.89. The molecule has 4 rings (SSSR count). The van der Waals surface area contributed by atoms with E-state index in [1.165, 1.54) is 11.1 Å². The van der Waals surface area contributed by atoms with Crippen molar-refractivity contribution >= 4 is 11.8 Å². The van der Waals surface area contributed by atoms with Gasteiger partial charge < -0.3 is 19.3 Å². The van der Waals surface area contributed by atoms with Crippen molar-refractivity contribution in [3.8, 4) is 11.5 Å². The SMILES string of the molecule is CCc1ccc(OCC(=O)N(CCN(Cc2ccccc2)C(=O)COc2ccc(CC)cc2)Cc2ccccc2)cc1. The van der Waals surface area contributed by atoms with Gasteiger partial charge in [0.25, 0.3) is 11.8 Å². The second-order valence-electron chi connectivity index (χ2n) is 10.2. The van der Waals surface area contributed by atoms with Gasteiger partial charge in [0.15, 0.2) is 13.2 Å². The maximum Gasteiger partial charge on any atom is 0.260 e. The van der Waals surface area contributed by atoms with Crippen LogP contribution in [0.1, 0.15) is 36.1 Å². The Bertz CT molecular complexity index is 1260. The Balaban J connectivity index is 1.44. The minimum atomic E-state index is -0.141. The average Bonchev–Trinajstić information content (AvgIpc) is 3.05. The van der Waals surface area contributed by atoms with Crippen LogP contribution in [0, 0.1) is 0 Å². The molecule has 2 amide bonds. The Morgan fingerprint density at radius 3 is 1.19 bits per heavy atom. The molecule has 0 heterocycles. The summed E-state index contributed by atoms with van der Waals surface area (Å²) in [4.78, 5) is 30.4. The van der Waals surface area contributed by atoms with Crippen molar-refractivity contribution in [2.24, 2.45) is 0 Å². The second kappa shape index (κ2) is 16.0. The molecule has 218 valence electrons. The minimum absolute atomic E-state index is 0.0815. The van der Waals surface area contributed by atoms with Crippen LogP contribution in [-0.2, 0) is 35.5 Å². The lowest BCUT2D eigenvalue weighted by Crippen LogP contribution is -2.43. The fourth-order valence-electron chi connectivity index (χ4n) is 4.55. The van der Waals surface area contributed by atoms with Gasteiger partial charge in [0.2, 0.25) is 0 Å². The van der Waals surface area contributed by atoms with Gasteiger partial charge in [0, 0.05) is 26.2 Å². The van der Waals surface area contributed by atoms with Crippen LogP contribution >= 0.6 is 0 Å². The lowest BCUT2D eigenvalue weighted by atomic mass is 10.2. The monoisotopic (exact) mass is 564 g/mol. The zero-order valence-electron chi connectivity index (χ0n) is 24.6. The Kier molecular flexibility index (Phi) is 11.6. The number of nitrogens with zero attached hydrogens (tertiary/aromatic N) is 2. The highest BCUT2D eigenvalue weighted by atomic mass is 16.5. The topological polar surface area (TPSA) is 59.1 Å². The third kappa shape index (κ3) is 9.51. The highest BCUT2D eigenvalue weighted by Crippen LogP contribution is 2.15. The molecule has 0 aliphatic rings. The van der Waals surface area contributed by atoms with Gasteiger partial charge in [-0.05, 0) is 59.4 Å². The third-order valence-electron chi connectivity index (χ3n) is 7.17. The van der Waals surface area contributed by atoms with Crippen LogP contribution in [0.25, 0.3) is 0 Å². The molecule has 0 saturated heterocycles. The van der Waals surface area contributed by atoms with Crippen LogP contribution < -0.4 is 9.47 Å². The molecule has 0 aliphatic heterocycles. The molecule has 42 heavy (non-hydrogen) atoms. The van der Waals surface area contributed by atoms with E-state index in [-0.39, 0.29) is 25.0 Å². The van der Waals surface area contributed by atoms with Crippen LogP contribution in [-0.4, -0.2) is 47.9 Å². The summed E-state index contributed by atoms with van der Waals surface area (Å²) >= 11 is 0. The van der Waals surface area contributed by atoms with Gasteiger partial charge >= 0.3 is 0 Å². The summed E-state index contributed by atoms with van der Waals surface area (Å²) in [5.41, 5.74) is 4.45. The molecule has 0 fully saturated rings. The van der Waals surface area contributed by atoms with Gasteiger partial charge in [-0.2, -0.15) is 0 Å². The smallest absolute Gasteiger partial charge is 0.260 e. The van der Waals surface area contributed by atoms with Crippen molar-refractivity contribution in [1.82, 2.24) is 9.80 Å². The Hall–Kier alpha value is -4.58. The van der Waals surface area contributed by atoms with E-state index in [1.807, 2.05) is 109 Å². The van der Waals surface area contributed by atoms with Crippen LogP contribution in [0.3, 0.4) is 0 Å². The largest absolute Gasteiger partial charge is 0.484 e. The molecule has 0 radical (unpaired) electrons. The number of carbonyl (C=O) groups is 2. The van der Waals surface area contributed by atoms with Gasteiger partial charge in [0.05, 0.1) is 0 Å². The van der Waals surface area contributed by atoms with Crippen molar-refractivity contribution in [2.75, 3.05) is 26.3 Å². The molecule has 0 N–H and O–H groups in total. The van der Waals surface area contributed by atoms with Crippen LogP contribution in [0.15, 0.2) is 109 Å². The van der Waals surface area contributed by atoms with Gasteiger partial charge in [-0.15, -0.1) is 0 Å². The molecule has 6 heteroatoms. The van der Waals surface area contributed by atoms with Crippen molar-refractivity contribution in [3.63, 3.8) is 0 Å². The summed E-state index contributed by atoms with van der Waals surface area (Å²) in [6, 6.07) is 35.3.